The third-order valence-electron chi connectivity index (χ3n) is 4.33. The van der Waals surface area contributed by atoms with Crippen molar-refractivity contribution in [2.75, 3.05) is 19.7 Å². The van der Waals surface area contributed by atoms with Crippen molar-refractivity contribution >= 4 is 17.4 Å². The molecule has 3 rings (SSSR count). The van der Waals surface area contributed by atoms with Gasteiger partial charge in [-0.15, -0.1) is 0 Å². The van der Waals surface area contributed by atoms with E-state index in [1.165, 1.54) is 4.90 Å². The molecule has 0 saturated carbocycles. The minimum atomic E-state index is -5.12. The Kier molecular flexibility index (Phi) is 5.21. The summed E-state index contributed by atoms with van der Waals surface area (Å²) in [7, 11) is 0. The number of ether oxygens (including phenoxy) is 1. The number of aromatic amines is 1. The Hall–Kier alpha value is -3.17. The van der Waals surface area contributed by atoms with E-state index in [4.69, 9.17) is 0 Å². The molecule has 0 atom stereocenters. The number of esters is 1. The number of rotatable bonds is 4. The Balaban J connectivity index is 1.64. The first-order valence-electron chi connectivity index (χ1n) is 8.36. The number of amides is 1. The van der Waals surface area contributed by atoms with Crippen molar-refractivity contribution in [3.05, 3.63) is 41.4 Å². The van der Waals surface area contributed by atoms with E-state index in [0.29, 0.717) is 11.5 Å². The second-order valence-electron chi connectivity index (χ2n) is 6.30. The average molecular weight is 394 g/mol. The van der Waals surface area contributed by atoms with Crippen LogP contribution < -0.4 is 0 Å². The van der Waals surface area contributed by atoms with Crippen LogP contribution in [-0.2, 0) is 14.3 Å². The maximum atomic E-state index is 12.1. The number of halogens is 3. The van der Waals surface area contributed by atoms with E-state index < -0.39 is 24.7 Å². The van der Waals surface area contributed by atoms with Crippen LogP contribution in [0.25, 0.3) is 17.1 Å². The number of carbonyl (C=O) groups excluding carboxylic acids is 2. The SMILES string of the molecule is Cc1nc(-c2cc(C3=CCN(C(=O)COC(=O)C(F)(F)F)C3)ccn2)[nH]c1C. The normalized spacial score (nSPS) is 14.2. The Bertz CT molecular complexity index is 930. The van der Waals surface area contributed by atoms with Gasteiger partial charge in [0.1, 0.15) is 5.69 Å². The summed E-state index contributed by atoms with van der Waals surface area (Å²) < 4.78 is 40.4. The molecule has 1 amide bonds. The lowest BCUT2D eigenvalue weighted by Gasteiger charge is -2.17. The van der Waals surface area contributed by atoms with Crippen molar-refractivity contribution in [3.63, 3.8) is 0 Å². The number of nitrogens with zero attached hydrogens (tertiary/aromatic N) is 3. The van der Waals surface area contributed by atoms with Crippen LogP contribution in [-0.4, -0.2) is 57.6 Å². The van der Waals surface area contributed by atoms with E-state index in [-0.39, 0.29) is 13.1 Å². The number of imidazole rings is 1. The third-order valence-corrected chi connectivity index (χ3v) is 4.33. The average Bonchev–Trinajstić information content (AvgIpc) is 3.26. The van der Waals surface area contributed by atoms with Gasteiger partial charge in [0, 0.05) is 25.0 Å². The number of alkyl halides is 3. The highest BCUT2D eigenvalue weighted by atomic mass is 19.4. The molecule has 148 valence electrons. The zero-order valence-electron chi connectivity index (χ0n) is 15.1. The zero-order valence-corrected chi connectivity index (χ0v) is 15.1. The Morgan fingerprint density at radius 3 is 2.71 bits per heavy atom. The van der Waals surface area contributed by atoms with Gasteiger partial charge in [-0.3, -0.25) is 9.78 Å². The summed E-state index contributed by atoms with van der Waals surface area (Å²) in [5, 5.41) is 0. The smallest absolute Gasteiger partial charge is 0.449 e. The van der Waals surface area contributed by atoms with Crippen LogP contribution in [0.1, 0.15) is 17.0 Å². The molecular weight excluding hydrogens is 377 g/mol. The largest absolute Gasteiger partial charge is 0.490 e. The van der Waals surface area contributed by atoms with Crippen molar-refractivity contribution in [1.82, 2.24) is 19.9 Å². The van der Waals surface area contributed by atoms with Crippen LogP contribution in [0.15, 0.2) is 24.4 Å². The Morgan fingerprint density at radius 2 is 2.07 bits per heavy atom. The molecule has 2 aromatic heterocycles. The number of aromatic nitrogens is 3. The van der Waals surface area contributed by atoms with E-state index in [2.05, 4.69) is 19.7 Å². The molecule has 3 heterocycles. The van der Waals surface area contributed by atoms with Crippen LogP contribution >= 0.6 is 0 Å². The summed E-state index contributed by atoms with van der Waals surface area (Å²) in [4.78, 5) is 35.9. The van der Waals surface area contributed by atoms with Crippen molar-refractivity contribution in [3.8, 4) is 11.5 Å². The van der Waals surface area contributed by atoms with Gasteiger partial charge in [-0.1, -0.05) is 6.08 Å². The van der Waals surface area contributed by atoms with Crippen molar-refractivity contribution in [1.29, 1.82) is 0 Å². The topological polar surface area (TPSA) is 88.2 Å². The van der Waals surface area contributed by atoms with Crippen LogP contribution in [0.4, 0.5) is 13.2 Å². The van der Waals surface area contributed by atoms with E-state index in [1.807, 2.05) is 19.9 Å². The van der Waals surface area contributed by atoms with Crippen molar-refractivity contribution < 1.29 is 27.5 Å². The first-order valence-corrected chi connectivity index (χ1v) is 8.36. The quantitative estimate of drug-likeness (QED) is 0.805. The van der Waals surface area contributed by atoms with Crippen LogP contribution in [0.5, 0.6) is 0 Å². The summed E-state index contributed by atoms with van der Waals surface area (Å²) in [6.07, 6.45) is -1.71. The molecule has 10 heteroatoms. The van der Waals surface area contributed by atoms with E-state index in [1.54, 1.807) is 18.3 Å². The number of hydrogen-bond donors (Lipinski definition) is 1. The van der Waals surface area contributed by atoms with Crippen LogP contribution in [0.2, 0.25) is 0 Å². The molecule has 0 aromatic carbocycles. The van der Waals surface area contributed by atoms with Gasteiger partial charge in [-0.2, -0.15) is 13.2 Å². The molecule has 1 aliphatic rings. The van der Waals surface area contributed by atoms with Crippen LogP contribution in [0.3, 0.4) is 0 Å². The number of nitrogens with one attached hydrogen (secondary N) is 1. The highest BCUT2D eigenvalue weighted by Crippen LogP contribution is 2.25. The molecule has 2 aromatic rings. The van der Waals surface area contributed by atoms with Gasteiger partial charge in [0.25, 0.3) is 5.91 Å². The van der Waals surface area contributed by atoms with E-state index >= 15 is 0 Å². The fourth-order valence-corrected chi connectivity index (χ4v) is 2.68. The molecule has 0 saturated heterocycles. The molecule has 1 aliphatic heterocycles. The number of hydrogen-bond acceptors (Lipinski definition) is 5. The fraction of sp³-hybridized carbons (Fsp3) is 0.333. The molecule has 0 aliphatic carbocycles. The van der Waals surface area contributed by atoms with Gasteiger partial charge in [0.2, 0.25) is 0 Å². The minimum Gasteiger partial charge on any atom is -0.449 e. The highest BCUT2D eigenvalue weighted by Gasteiger charge is 2.41. The molecule has 1 N–H and O–H groups in total. The molecule has 7 nitrogen and oxygen atoms in total. The van der Waals surface area contributed by atoms with Gasteiger partial charge >= 0.3 is 12.1 Å². The predicted octanol–water partition coefficient (Wildman–Crippen LogP) is 2.42. The van der Waals surface area contributed by atoms with Crippen molar-refractivity contribution in [2.24, 2.45) is 0 Å². The predicted molar refractivity (Wildman–Crippen MR) is 92.9 cm³/mol. The molecule has 0 bridgehead atoms. The van der Waals surface area contributed by atoms with Gasteiger partial charge in [-0.25, -0.2) is 9.78 Å². The minimum absolute atomic E-state index is 0.196. The fourth-order valence-electron chi connectivity index (χ4n) is 2.68. The molecule has 0 radical (unpaired) electrons. The molecule has 0 fully saturated rings. The van der Waals surface area contributed by atoms with Gasteiger partial charge in [0.05, 0.1) is 5.69 Å². The standard InChI is InChI=1S/C18H17F3N4O3/c1-10-11(2)24-16(23-10)14-7-12(3-5-22-14)13-4-6-25(8-13)15(26)9-28-17(27)18(19,20)21/h3-5,7H,6,8-9H2,1-2H3,(H,23,24). The van der Waals surface area contributed by atoms with E-state index in [9.17, 15) is 22.8 Å². The molecule has 28 heavy (non-hydrogen) atoms. The second-order valence-corrected chi connectivity index (χ2v) is 6.30. The summed E-state index contributed by atoms with van der Waals surface area (Å²) in [6.45, 7) is 3.25. The van der Waals surface area contributed by atoms with Gasteiger partial charge in [-0.05, 0) is 37.1 Å². The highest BCUT2D eigenvalue weighted by molar-refractivity contribution is 5.85. The number of H-pyrrole nitrogens is 1. The Morgan fingerprint density at radius 1 is 1.32 bits per heavy atom. The number of carbonyl (C=O) groups is 2. The first kappa shape index (κ1) is 19.6. The molecular formula is C18H17F3N4O3. The number of pyridine rings is 1. The monoisotopic (exact) mass is 394 g/mol. The summed E-state index contributed by atoms with van der Waals surface area (Å²) in [6, 6.07) is 3.59. The third kappa shape index (κ3) is 4.21. The van der Waals surface area contributed by atoms with Crippen LogP contribution in [0, 0.1) is 13.8 Å². The Labute approximate surface area is 158 Å². The lowest BCUT2D eigenvalue weighted by Crippen LogP contribution is -2.35. The lowest BCUT2D eigenvalue weighted by atomic mass is 10.1. The lowest BCUT2D eigenvalue weighted by molar-refractivity contribution is -0.200. The van der Waals surface area contributed by atoms with Gasteiger partial charge < -0.3 is 14.6 Å². The van der Waals surface area contributed by atoms with E-state index in [0.717, 1.165) is 22.5 Å². The summed E-state index contributed by atoms with van der Waals surface area (Å²) in [5.41, 5.74) is 4.08. The first-order chi connectivity index (χ1) is 13.1. The summed E-state index contributed by atoms with van der Waals surface area (Å²) in [5.74, 6) is -2.45. The summed E-state index contributed by atoms with van der Waals surface area (Å²) >= 11 is 0. The van der Waals surface area contributed by atoms with Gasteiger partial charge in [0.15, 0.2) is 12.4 Å². The maximum absolute atomic E-state index is 12.1. The van der Waals surface area contributed by atoms with Crippen molar-refractivity contribution in [2.45, 2.75) is 20.0 Å². The molecule has 0 spiro atoms. The molecule has 0 unspecified atom stereocenters. The maximum Gasteiger partial charge on any atom is 0.490 e. The number of aryl methyl sites for hydroxylation is 2. The second kappa shape index (κ2) is 7.45. The zero-order chi connectivity index (χ0) is 20.5.